The minimum Gasteiger partial charge on any atom is -0.463 e. The molecule has 0 saturated heterocycles. The Morgan fingerprint density at radius 1 is 0.778 bits per heavy atom. The number of aliphatic hydroxyl groups excluding tert-OH is 1. The number of hydrogen-bond donors (Lipinski definition) is 3. The second-order valence-electron chi connectivity index (χ2n) is 9.34. The predicted molar refractivity (Wildman–Crippen MR) is 142 cm³/mol. The molecule has 0 aliphatic carbocycles. The van der Waals surface area contributed by atoms with E-state index in [-0.39, 0.29) is 32.1 Å². The van der Waals surface area contributed by atoms with Crippen molar-refractivity contribution in [3.63, 3.8) is 0 Å². The van der Waals surface area contributed by atoms with Crippen LogP contribution >= 0.6 is 7.82 Å². The van der Waals surface area contributed by atoms with E-state index in [1.165, 1.54) is 77.0 Å². The maximum atomic E-state index is 11.9. The number of unbranched alkanes of at least 4 members (excludes halogenated alkanes) is 14. The van der Waals surface area contributed by atoms with Gasteiger partial charge in [-0.15, -0.1) is 0 Å². The van der Waals surface area contributed by atoms with Gasteiger partial charge < -0.3 is 20.1 Å². The summed E-state index contributed by atoms with van der Waals surface area (Å²) in [6.45, 7) is 2.91. The van der Waals surface area contributed by atoms with Crippen molar-refractivity contribution in [3.05, 3.63) is 0 Å². The monoisotopic (exact) mass is 537 g/mol. The number of phosphoric acid groups is 1. The standard InChI is InChI=1S/C26H52NO8P/c1-3-5-6-7-8-9-10-11-12-13-14-15-16-17-18-19-25(29)27-20-21-34-36(31,32)35-23-24(28)22-33-26(30)4-2/h24,28H,3-23H2,1-2H3,(H,27,29)(H,31,32). The molecule has 0 saturated carbocycles. The summed E-state index contributed by atoms with van der Waals surface area (Å²) in [5.74, 6) is -0.604. The molecule has 36 heavy (non-hydrogen) atoms. The highest BCUT2D eigenvalue weighted by Crippen LogP contribution is 2.42. The molecule has 0 aliphatic rings. The fourth-order valence-corrected chi connectivity index (χ4v) is 4.41. The lowest BCUT2D eigenvalue weighted by Gasteiger charge is -2.15. The number of carbonyl (C=O) groups excluding carboxylic acids is 2. The molecule has 0 aromatic heterocycles. The summed E-state index contributed by atoms with van der Waals surface area (Å²) < 4.78 is 25.9. The number of rotatable bonds is 26. The molecule has 10 heteroatoms. The zero-order valence-electron chi connectivity index (χ0n) is 22.7. The molecule has 3 N–H and O–H groups in total. The third-order valence-electron chi connectivity index (χ3n) is 5.84. The molecule has 0 aliphatic heterocycles. The number of nitrogens with one attached hydrogen (secondary N) is 1. The van der Waals surface area contributed by atoms with E-state index < -0.39 is 26.5 Å². The first-order chi connectivity index (χ1) is 17.3. The molecule has 0 bridgehead atoms. The summed E-state index contributed by atoms with van der Waals surface area (Å²) in [5.41, 5.74) is 0. The van der Waals surface area contributed by atoms with Gasteiger partial charge in [0.05, 0.1) is 13.2 Å². The highest BCUT2D eigenvalue weighted by Gasteiger charge is 2.23. The zero-order chi connectivity index (χ0) is 26.9. The summed E-state index contributed by atoms with van der Waals surface area (Å²) in [6, 6.07) is 0. The van der Waals surface area contributed by atoms with Crippen molar-refractivity contribution in [2.75, 3.05) is 26.4 Å². The number of ether oxygens (including phenoxy) is 1. The van der Waals surface area contributed by atoms with E-state index in [2.05, 4.69) is 16.8 Å². The van der Waals surface area contributed by atoms with Crippen LogP contribution in [-0.4, -0.2) is 54.3 Å². The molecule has 0 radical (unpaired) electrons. The SMILES string of the molecule is CCCCCCCCCCCCCCCCCC(=O)NCCOP(=O)(O)OCC(O)COC(=O)CC. The van der Waals surface area contributed by atoms with Gasteiger partial charge in [-0.1, -0.05) is 104 Å². The van der Waals surface area contributed by atoms with Crippen LogP contribution in [0.25, 0.3) is 0 Å². The molecule has 0 aromatic rings. The largest absolute Gasteiger partial charge is 0.472 e. The van der Waals surface area contributed by atoms with Crippen molar-refractivity contribution in [3.8, 4) is 0 Å². The first-order valence-electron chi connectivity index (χ1n) is 14.0. The molecule has 9 nitrogen and oxygen atoms in total. The van der Waals surface area contributed by atoms with Gasteiger partial charge in [0.1, 0.15) is 12.7 Å². The van der Waals surface area contributed by atoms with E-state index in [0.717, 1.165) is 19.3 Å². The normalized spacial score (nSPS) is 13.8. The summed E-state index contributed by atoms with van der Waals surface area (Å²) in [6.07, 6.45) is 18.4. The van der Waals surface area contributed by atoms with Crippen LogP contribution in [0.15, 0.2) is 0 Å². The molecule has 0 rings (SSSR count). The Labute approximate surface area is 218 Å². The molecule has 0 fully saturated rings. The quantitative estimate of drug-likeness (QED) is 0.0715. The fraction of sp³-hybridized carbons (Fsp3) is 0.923. The highest BCUT2D eigenvalue weighted by atomic mass is 31.2. The number of aliphatic hydroxyl groups is 1. The van der Waals surface area contributed by atoms with E-state index in [1.807, 2.05) is 0 Å². The molecule has 2 unspecified atom stereocenters. The lowest BCUT2D eigenvalue weighted by Crippen LogP contribution is -2.27. The van der Waals surface area contributed by atoms with Gasteiger partial charge in [-0.2, -0.15) is 0 Å². The summed E-state index contributed by atoms with van der Waals surface area (Å²) >= 11 is 0. The maximum Gasteiger partial charge on any atom is 0.472 e. The predicted octanol–water partition coefficient (Wildman–Crippen LogP) is 5.81. The second-order valence-corrected chi connectivity index (χ2v) is 10.8. The van der Waals surface area contributed by atoms with Gasteiger partial charge in [0.2, 0.25) is 5.91 Å². The first kappa shape index (κ1) is 35.0. The third-order valence-corrected chi connectivity index (χ3v) is 6.83. The van der Waals surface area contributed by atoms with Crippen LogP contribution < -0.4 is 5.32 Å². The molecule has 214 valence electrons. The molecule has 2 atom stereocenters. The molecular formula is C26H52NO8P. The van der Waals surface area contributed by atoms with Crippen LogP contribution in [0.4, 0.5) is 0 Å². The van der Waals surface area contributed by atoms with Gasteiger partial charge in [-0.3, -0.25) is 18.6 Å². The summed E-state index contributed by atoms with van der Waals surface area (Å²) in [7, 11) is -4.37. The molecule has 1 amide bonds. The van der Waals surface area contributed by atoms with Gasteiger partial charge in [-0.05, 0) is 6.42 Å². The minimum absolute atomic E-state index is 0.0855. The Kier molecular flexibility index (Phi) is 23.7. The average Bonchev–Trinajstić information content (AvgIpc) is 2.86. The van der Waals surface area contributed by atoms with Crippen LogP contribution in [-0.2, 0) is 27.9 Å². The molecule has 0 heterocycles. The minimum atomic E-state index is -4.37. The number of esters is 1. The molecular weight excluding hydrogens is 485 g/mol. The zero-order valence-corrected chi connectivity index (χ0v) is 23.6. The second kappa shape index (κ2) is 24.4. The lowest BCUT2D eigenvalue weighted by atomic mass is 10.0. The van der Waals surface area contributed by atoms with E-state index in [1.54, 1.807) is 6.92 Å². The molecule has 0 spiro atoms. The van der Waals surface area contributed by atoms with Crippen LogP contribution in [0.5, 0.6) is 0 Å². The van der Waals surface area contributed by atoms with E-state index in [0.29, 0.717) is 6.42 Å². The number of phosphoric ester groups is 1. The van der Waals surface area contributed by atoms with Crippen molar-refractivity contribution in [1.82, 2.24) is 5.32 Å². The van der Waals surface area contributed by atoms with Gasteiger partial charge in [0.15, 0.2) is 0 Å². The van der Waals surface area contributed by atoms with Gasteiger partial charge in [0.25, 0.3) is 0 Å². The maximum absolute atomic E-state index is 11.9. The first-order valence-corrected chi connectivity index (χ1v) is 15.5. The fourth-order valence-electron chi connectivity index (χ4n) is 3.65. The van der Waals surface area contributed by atoms with Crippen LogP contribution in [0.1, 0.15) is 123 Å². The van der Waals surface area contributed by atoms with E-state index in [4.69, 9.17) is 9.26 Å². The Morgan fingerprint density at radius 3 is 1.78 bits per heavy atom. The Hall–Kier alpha value is -0.990. The summed E-state index contributed by atoms with van der Waals surface area (Å²) in [5, 5.41) is 12.2. The Bertz CT molecular complexity index is 590. The van der Waals surface area contributed by atoms with Crippen molar-refractivity contribution in [1.29, 1.82) is 0 Å². The Morgan fingerprint density at radius 2 is 1.28 bits per heavy atom. The van der Waals surface area contributed by atoms with Crippen molar-refractivity contribution in [2.24, 2.45) is 0 Å². The highest BCUT2D eigenvalue weighted by molar-refractivity contribution is 7.47. The average molecular weight is 538 g/mol. The summed E-state index contributed by atoms with van der Waals surface area (Å²) in [4.78, 5) is 32.5. The van der Waals surface area contributed by atoms with E-state index in [9.17, 15) is 24.2 Å². The van der Waals surface area contributed by atoms with Crippen molar-refractivity contribution < 1.29 is 37.9 Å². The van der Waals surface area contributed by atoms with Crippen LogP contribution in [0, 0.1) is 0 Å². The number of carbonyl (C=O) groups is 2. The molecule has 0 aromatic carbocycles. The third kappa shape index (κ3) is 24.7. The van der Waals surface area contributed by atoms with Gasteiger partial charge in [-0.25, -0.2) is 4.57 Å². The van der Waals surface area contributed by atoms with Crippen molar-refractivity contribution in [2.45, 2.75) is 129 Å². The lowest BCUT2D eigenvalue weighted by molar-refractivity contribution is -0.146. The number of amides is 1. The van der Waals surface area contributed by atoms with Crippen molar-refractivity contribution >= 4 is 19.7 Å². The van der Waals surface area contributed by atoms with E-state index >= 15 is 0 Å². The van der Waals surface area contributed by atoms with Gasteiger partial charge >= 0.3 is 13.8 Å². The van der Waals surface area contributed by atoms with Crippen LogP contribution in [0.2, 0.25) is 0 Å². The topological polar surface area (TPSA) is 131 Å². The number of hydrogen-bond acceptors (Lipinski definition) is 7. The smallest absolute Gasteiger partial charge is 0.463 e. The van der Waals surface area contributed by atoms with Gasteiger partial charge in [0, 0.05) is 19.4 Å². The Balaban J connectivity index is 3.50. The van der Waals surface area contributed by atoms with Crippen LogP contribution in [0.3, 0.4) is 0 Å².